The number of aromatic amines is 1. The molecule has 0 aliphatic carbocycles. The van der Waals surface area contributed by atoms with Crippen LogP contribution in [0.1, 0.15) is 35.0 Å². The third-order valence-corrected chi connectivity index (χ3v) is 6.62. The van der Waals surface area contributed by atoms with Gasteiger partial charge < -0.3 is 15.0 Å². The van der Waals surface area contributed by atoms with Crippen molar-refractivity contribution in [1.82, 2.24) is 25.1 Å². The monoisotopic (exact) mass is 491 g/mol. The van der Waals surface area contributed by atoms with E-state index in [4.69, 9.17) is 4.74 Å². The number of anilines is 2. The molecule has 35 heavy (non-hydrogen) atoms. The Morgan fingerprint density at radius 2 is 2.06 bits per heavy atom. The maximum absolute atomic E-state index is 12.5. The molecule has 1 aliphatic rings. The van der Waals surface area contributed by atoms with Gasteiger partial charge in [-0.3, -0.25) is 20.0 Å². The molecule has 2 amide bonds. The maximum atomic E-state index is 12.5. The summed E-state index contributed by atoms with van der Waals surface area (Å²) >= 11 is 1.42. The average molecular weight is 492 g/mol. The van der Waals surface area contributed by atoms with E-state index in [-0.39, 0.29) is 17.9 Å². The van der Waals surface area contributed by atoms with Gasteiger partial charge in [0, 0.05) is 54.5 Å². The van der Waals surface area contributed by atoms with E-state index in [1.165, 1.54) is 11.3 Å². The van der Waals surface area contributed by atoms with Crippen LogP contribution in [0.25, 0.3) is 11.0 Å². The molecule has 0 radical (unpaired) electrons. The molecule has 0 spiro atoms. The third-order valence-electron chi connectivity index (χ3n) is 5.79. The summed E-state index contributed by atoms with van der Waals surface area (Å²) in [5.41, 5.74) is 1.10. The Kier molecular flexibility index (Phi) is 6.32. The van der Waals surface area contributed by atoms with Crippen molar-refractivity contribution < 1.29 is 14.3 Å². The number of nitrogens with one attached hydrogen (secondary N) is 3. The number of ether oxygens (including phenoxy) is 1. The fourth-order valence-corrected chi connectivity index (χ4v) is 4.68. The van der Waals surface area contributed by atoms with Gasteiger partial charge in [-0.05, 0) is 37.6 Å². The summed E-state index contributed by atoms with van der Waals surface area (Å²) < 4.78 is 6.14. The van der Waals surface area contributed by atoms with E-state index in [2.05, 4.69) is 30.8 Å². The number of pyridine rings is 1. The predicted molar refractivity (Wildman–Crippen MR) is 134 cm³/mol. The SMILES string of the molecule is CCC(=O)N1CCC(Nc2n[nH]c3nccc(Oc4ccc(C(=O)Nc5ncc(C)s5)cc4)c23)C1. The van der Waals surface area contributed by atoms with Gasteiger partial charge in [0.1, 0.15) is 16.9 Å². The number of hydrogen-bond acceptors (Lipinski definition) is 8. The normalized spacial score (nSPS) is 15.4. The second kappa shape index (κ2) is 9.71. The number of rotatable bonds is 7. The quantitative estimate of drug-likeness (QED) is 0.354. The summed E-state index contributed by atoms with van der Waals surface area (Å²) in [5, 5.41) is 14.9. The smallest absolute Gasteiger partial charge is 0.257 e. The zero-order chi connectivity index (χ0) is 24.4. The van der Waals surface area contributed by atoms with Crippen molar-refractivity contribution in [3.8, 4) is 11.5 Å². The Morgan fingerprint density at radius 3 is 2.80 bits per heavy atom. The first kappa shape index (κ1) is 22.8. The first-order valence-corrected chi connectivity index (χ1v) is 12.2. The van der Waals surface area contributed by atoms with Gasteiger partial charge in [-0.25, -0.2) is 9.97 Å². The first-order chi connectivity index (χ1) is 17.0. The summed E-state index contributed by atoms with van der Waals surface area (Å²) in [7, 11) is 0. The van der Waals surface area contributed by atoms with Gasteiger partial charge in [-0.2, -0.15) is 5.10 Å². The Labute approximate surface area is 205 Å². The Bertz CT molecular complexity index is 1370. The third kappa shape index (κ3) is 4.94. The summed E-state index contributed by atoms with van der Waals surface area (Å²) in [5.74, 6) is 1.72. The van der Waals surface area contributed by atoms with Crippen molar-refractivity contribution in [1.29, 1.82) is 0 Å². The van der Waals surface area contributed by atoms with E-state index in [9.17, 15) is 9.59 Å². The molecule has 1 fully saturated rings. The summed E-state index contributed by atoms with van der Waals surface area (Å²) in [6.07, 6.45) is 4.72. The highest BCUT2D eigenvalue weighted by atomic mass is 32.1. The number of carbonyl (C=O) groups excluding carboxylic acids is 2. The molecular formula is C24H25N7O3S. The summed E-state index contributed by atoms with van der Waals surface area (Å²) in [6.45, 7) is 5.19. The molecule has 3 aromatic heterocycles. The van der Waals surface area contributed by atoms with E-state index in [0.717, 1.165) is 23.2 Å². The molecule has 1 aliphatic heterocycles. The summed E-state index contributed by atoms with van der Waals surface area (Å²) in [4.78, 5) is 35.9. The lowest BCUT2D eigenvalue weighted by Gasteiger charge is -2.16. The molecule has 1 atom stereocenters. The fourth-order valence-electron chi connectivity index (χ4n) is 4.02. The molecule has 5 rings (SSSR count). The number of benzene rings is 1. The van der Waals surface area contributed by atoms with E-state index in [1.807, 2.05) is 18.7 Å². The molecule has 3 N–H and O–H groups in total. The average Bonchev–Trinajstić information content (AvgIpc) is 3.60. The molecular weight excluding hydrogens is 466 g/mol. The predicted octanol–water partition coefficient (Wildman–Crippen LogP) is 4.19. The van der Waals surface area contributed by atoms with Gasteiger partial charge >= 0.3 is 0 Å². The Balaban J connectivity index is 1.30. The van der Waals surface area contributed by atoms with Crippen LogP contribution in [0.15, 0.2) is 42.7 Å². The lowest BCUT2D eigenvalue weighted by Crippen LogP contribution is -2.31. The van der Waals surface area contributed by atoms with Crippen molar-refractivity contribution in [2.45, 2.75) is 32.7 Å². The number of aryl methyl sites for hydroxylation is 1. The molecule has 4 aromatic rings. The number of nitrogens with zero attached hydrogens (tertiary/aromatic N) is 4. The van der Waals surface area contributed by atoms with Gasteiger partial charge in [0.05, 0.1) is 0 Å². The zero-order valence-corrected chi connectivity index (χ0v) is 20.2. The second-order valence-electron chi connectivity index (χ2n) is 8.28. The zero-order valence-electron chi connectivity index (χ0n) is 19.4. The van der Waals surface area contributed by atoms with Crippen molar-refractivity contribution in [2.75, 3.05) is 23.7 Å². The van der Waals surface area contributed by atoms with Crippen LogP contribution in [-0.2, 0) is 4.79 Å². The topological polar surface area (TPSA) is 125 Å². The molecule has 10 nitrogen and oxygen atoms in total. The highest BCUT2D eigenvalue weighted by molar-refractivity contribution is 7.15. The Hall–Kier alpha value is -3.99. The standard InChI is InChI=1S/C24H25N7O3S/c1-3-19(32)31-11-9-16(13-31)27-22-20-18(8-10-25-21(20)29-30-22)34-17-6-4-15(5-7-17)23(33)28-24-26-12-14(2)35-24/h4-8,10,12,16H,3,9,11,13H2,1-2H3,(H,26,28,33)(H2,25,27,29,30). The lowest BCUT2D eigenvalue weighted by atomic mass is 10.2. The van der Waals surface area contributed by atoms with Gasteiger partial charge in [-0.1, -0.05) is 6.92 Å². The number of likely N-dealkylation sites (tertiary alicyclic amines) is 1. The number of carbonyl (C=O) groups is 2. The van der Waals surface area contributed by atoms with Crippen molar-refractivity contribution in [3.05, 3.63) is 53.2 Å². The number of H-pyrrole nitrogens is 1. The number of aromatic nitrogens is 4. The van der Waals surface area contributed by atoms with E-state index in [0.29, 0.717) is 46.6 Å². The second-order valence-corrected chi connectivity index (χ2v) is 9.52. The Morgan fingerprint density at radius 1 is 1.23 bits per heavy atom. The minimum Gasteiger partial charge on any atom is -0.456 e. The molecule has 1 aromatic carbocycles. The van der Waals surface area contributed by atoms with Gasteiger partial charge in [0.2, 0.25) is 5.91 Å². The van der Waals surface area contributed by atoms with Crippen LogP contribution >= 0.6 is 11.3 Å². The van der Waals surface area contributed by atoms with Crippen LogP contribution in [0.5, 0.6) is 11.5 Å². The number of amides is 2. The minimum atomic E-state index is -0.231. The van der Waals surface area contributed by atoms with E-state index >= 15 is 0 Å². The number of hydrogen-bond donors (Lipinski definition) is 3. The number of thiazole rings is 1. The molecule has 180 valence electrons. The maximum Gasteiger partial charge on any atom is 0.257 e. The molecule has 11 heteroatoms. The van der Waals surface area contributed by atoms with Crippen molar-refractivity contribution >= 4 is 45.1 Å². The van der Waals surface area contributed by atoms with Crippen LogP contribution in [-0.4, -0.2) is 56.0 Å². The largest absolute Gasteiger partial charge is 0.456 e. The lowest BCUT2D eigenvalue weighted by molar-refractivity contribution is -0.129. The highest BCUT2D eigenvalue weighted by Gasteiger charge is 2.26. The summed E-state index contributed by atoms with van der Waals surface area (Å²) in [6, 6.07) is 8.77. The molecule has 1 unspecified atom stereocenters. The van der Waals surface area contributed by atoms with E-state index < -0.39 is 0 Å². The molecule has 0 saturated carbocycles. The molecule has 1 saturated heterocycles. The molecule has 0 bridgehead atoms. The highest BCUT2D eigenvalue weighted by Crippen LogP contribution is 2.33. The number of fused-ring (bicyclic) bond motifs is 1. The fraction of sp³-hybridized carbons (Fsp3) is 0.292. The van der Waals surface area contributed by atoms with Crippen LogP contribution in [0.2, 0.25) is 0 Å². The van der Waals surface area contributed by atoms with Gasteiger partial charge in [0.25, 0.3) is 5.91 Å². The van der Waals surface area contributed by atoms with Crippen LogP contribution in [0, 0.1) is 6.92 Å². The van der Waals surface area contributed by atoms with Crippen molar-refractivity contribution in [2.24, 2.45) is 0 Å². The first-order valence-electron chi connectivity index (χ1n) is 11.4. The van der Waals surface area contributed by atoms with Crippen LogP contribution in [0.3, 0.4) is 0 Å². The van der Waals surface area contributed by atoms with E-state index in [1.54, 1.807) is 42.7 Å². The molecule has 4 heterocycles. The van der Waals surface area contributed by atoms with Gasteiger partial charge in [-0.15, -0.1) is 11.3 Å². The van der Waals surface area contributed by atoms with Crippen molar-refractivity contribution in [3.63, 3.8) is 0 Å². The van der Waals surface area contributed by atoms with Crippen LogP contribution in [0.4, 0.5) is 10.9 Å². The van der Waals surface area contributed by atoms with Crippen LogP contribution < -0.4 is 15.4 Å². The van der Waals surface area contributed by atoms with Gasteiger partial charge in [0.15, 0.2) is 16.6 Å². The minimum absolute atomic E-state index is 0.101.